The van der Waals surface area contributed by atoms with Crippen LogP contribution in [0.4, 0.5) is 4.79 Å². The van der Waals surface area contributed by atoms with Gasteiger partial charge < -0.3 is 15.5 Å². The van der Waals surface area contributed by atoms with Crippen molar-refractivity contribution < 1.29 is 19.2 Å². The maximum atomic E-state index is 13.2. The second-order valence-corrected chi connectivity index (χ2v) is 8.03. The molecule has 0 aliphatic carbocycles. The molecule has 3 aromatic rings. The minimum absolute atomic E-state index is 0.105. The fourth-order valence-electron chi connectivity index (χ4n) is 4.24. The number of nitrogens with one attached hydrogen (secondary N) is 2. The molecule has 1 aromatic heterocycles. The number of hydroxylamine groups is 2. The topological polar surface area (TPSA) is 104 Å². The van der Waals surface area contributed by atoms with Gasteiger partial charge in [-0.1, -0.05) is 42.5 Å². The van der Waals surface area contributed by atoms with Gasteiger partial charge in [0.05, 0.1) is 6.54 Å². The number of rotatable bonds is 4. The maximum absolute atomic E-state index is 13.2. The fraction of sp³-hybridized carbons (Fsp3) is 0.250. The van der Waals surface area contributed by atoms with E-state index in [9.17, 15) is 14.4 Å². The summed E-state index contributed by atoms with van der Waals surface area (Å²) in [7, 11) is 0. The molecule has 2 N–H and O–H groups in total. The molecule has 2 saturated heterocycles. The Kier molecular flexibility index (Phi) is 5.62. The molecule has 9 heteroatoms. The normalized spacial score (nSPS) is 20.4. The number of pyridine rings is 1. The van der Waals surface area contributed by atoms with E-state index in [1.807, 2.05) is 42.5 Å². The van der Waals surface area contributed by atoms with Gasteiger partial charge in [0.25, 0.3) is 5.91 Å². The van der Waals surface area contributed by atoms with Crippen molar-refractivity contribution in [2.45, 2.75) is 25.2 Å². The average Bonchev–Trinajstić information content (AvgIpc) is 2.85. The third-order valence-electron chi connectivity index (χ3n) is 5.90. The summed E-state index contributed by atoms with van der Waals surface area (Å²) < 4.78 is 0. The zero-order valence-electron chi connectivity index (χ0n) is 17.8. The van der Waals surface area contributed by atoms with Gasteiger partial charge in [-0.25, -0.2) is 4.79 Å². The van der Waals surface area contributed by atoms with Crippen molar-refractivity contribution in [3.8, 4) is 0 Å². The third kappa shape index (κ3) is 4.22. The van der Waals surface area contributed by atoms with Crippen LogP contribution in [0.1, 0.15) is 11.1 Å². The Balaban J connectivity index is 1.39. The maximum Gasteiger partial charge on any atom is 0.343 e. The molecular formula is C24H23N5O4. The van der Waals surface area contributed by atoms with Gasteiger partial charge in [0, 0.05) is 25.4 Å². The Hall–Kier alpha value is -3.98. The molecule has 5 rings (SSSR count). The predicted octanol–water partition coefficient (Wildman–Crippen LogP) is 1.59. The Morgan fingerprint density at radius 2 is 1.88 bits per heavy atom. The number of hydrogen-bond donors (Lipinski definition) is 2. The van der Waals surface area contributed by atoms with Crippen molar-refractivity contribution in [3.63, 3.8) is 0 Å². The SMILES string of the molecule is O=C1CN2C(=O)C(Cc3cccc4ccccc34)ON(C(=O)NCc3ccncc3)C2CN1. The molecule has 2 aromatic carbocycles. The van der Waals surface area contributed by atoms with Gasteiger partial charge in [-0.15, -0.1) is 0 Å². The number of carbonyl (C=O) groups is 3. The van der Waals surface area contributed by atoms with Crippen molar-refractivity contribution in [2.75, 3.05) is 13.1 Å². The molecule has 33 heavy (non-hydrogen) atoms. The van der Waals surface area contributed by atoms with Gasteiger partial charge >= 0.3 is 6.03 Å². The van der Waals surface area contributed by atoms with Crippen LogP contribution in [0.2, 0.25) is 0 Å². The highest BCUT2D eigenvalue weighted by Gasteiger charge is 2.46. The summed E-state index contributed by atoms with van der Waals surface area (Å²) in [5.41, 5.74) is 1.82. The molecule has 2 aliphatic rings. The number of piperazine rings is 1. The van der Waals surface area contributed by atoms with Crippen LogP contribution in [0.15, 0.2) is 67.0 Å². The lowest BCUT2D eigenvalue weighted by Crippen LogP contribution is -2.70. The molecule has 0 radical (unpaired) electrons. The van der Waals surface area contributed by atoms with Crippen molar-refractivity contribution in [1.82, 2.24) is 25.6 Å². The molecule has 0 saturated carbocycles. The van der Waals surface area contributed by atoms with E-state index in [1.54, 1.807) is 24.5 Å². The Morgan fingerprint density at radius 3 is 2.73 bits per heavy atom. The summed E-state index contributed by atoms with van der Waals surface area (Å²) >= 11 is 0. The van der Waals surface area contributed by atoms with Gasteiger partial charge in [0.1, 0.15) is 6.54 Å². The monoisotopic (exact) mass is 445 g/mol. The van der Waals surface area contributed by atoms with Crippen LogP contribution in [-0.4, -0.2) is 58.2 Å². The standard InChI is InChI=1S/C24H23N5O4/c30-21-15-28-22(14-26-21)29(24(32)27-13-16-8-10-25-11-9-16)33-20(23(28)31)12-18-6-3-5-17-4-1-2-7-19(17)18/h1-11,20,22H,12-15H2,(H,26,30)(H,27,32). The second-order valence-electron chi connectivity index (χ2n) is 8.03. The van der Waals surface area contributed by atoms with E-state index >= 15 is 0 Å². The molecule has 9 nitrogen and oxygen atoms in total. The van der Waals surface area contributed by atoms with Crippen LogP contribution >= 0.6 is 0 Å². The number of fused-ring (bicyclic) bond motifs is 2. The van der Waals surface area contributed by atoms with E-state index in [1.165, 1.54) is 9.96 Å². The van der Waals surface area contributed by atoms with Crippen LogP contribution in [0.3, 0.4) is 0 Å². The van der Waals surface area contributed by atoms with Crippen molar-refractivity contribution in [1.29, 1.82) is 0 Å². The molecular weight excluding hydrogens is 422 g/mol. The first-order valence-electron chi connectivity index (χ1n) is 10.8. The van der Waals surface area contributed by atoms with Crippen LogP contribution < -0.4 is 10.6 Å². The van der Waals surface area contributed by atoms with E-state index in [2.05, 4.69) is 15.6 Å². The molecule has 0 spiro atoms. The number of amides is 4. The lowest BCUT2D eigenvalue weighted by molar-refractivity contribution is -0.247. The molecule has 168 valence electrons. The summed E-state index contributed by atoms with van der Waals surface area (Å²) in [6.45, 7) is 0.267. The summed E-state index contributed by atoms with van der Waals surface area (Å²) in [6, 6.07) is 16.9. The molecule has 0 bridgehead atoms. The predicted molar refractivity (Wildman–Crippen MR) is 119 cm³/mol. The van der Waals surface area contributed by atoms with E-state index in [4.69, 9.17) is 4.84 Å². The van der Waals surface area contributed by atoms with E-state index in [0.717, 1.165) is 21.9 Å². The second kappa shape index (κ2) is 8.87. The van der Waals surface area contributed by atoms with Crippen LogP contribution in [0.5, 0.6) is 0 Å². The fourth-order valence-corrected chi connectivity index (χ4v) is 4.24. The number of nitrogens with zero attached hydrogens (tertiary/aromatic N) is 3. The zero-order valence-corrected chi connectivity index (χ0v) is 17.8. The van der Waals surface area contributed by atoms with Crippen LogP contribution in [0.25, 0.3) is 10.8 Å². The third-order valence-corrected chi connectivity index (χ3v) is 5.90. The summed E-state index contributed by atoms with van der Waals surface area (Å²) in [5, 5.41) is 8.78. The minimum atomic E-state index is -0.926. The summed E-state index contributed by atoms with van der Waals surface area (Å²) in [5.74, 6) is -0.566. The van der Waals surface area contributed by atoms with E-state index in [0.29, 0.717) is 0 Å². The molecule has 2 aliphatic heterocycles. The highest BCUT2D eigenvalue weighted by Crippen LogP contribution is 2.26. The lowest BCUT2D eigenvalue weighted by atomic mass is 9.99. The highest BCUT2D eigenvalue weighted by molar-refractivity contribution is 5.91. The van der Waals surface area contributed by atoms with E-state index in [-0.39, 0.29) is 37.9 Å². The number of aromatic nitrogens is 1. The van der Waals surface area contributed by atoms with Crippen molar-refractivity contribution in [3.05, 3.63) is 78.1 Å². The van der Waals surface area contributed by atoms with Gasteiger partial charge in [0.15, 0.2) is 12.3 Å². The molecule has 3 heterocycles. The summed E-state index contributed by atoms with van der Waals surface area (Å²) in [6.07, 6.45) is 1.94. The van der Waals surface area contributed by atoms with Crippen molar-refractivity contribution in [2.24, 2.45) is 0 Å². The molecule has 4 amide bonds. The molecule has 2 unspecified atom stereocenters. The first-order valence-corrected chi connectivity index (χ1v) is 10.8. The minimum Gasteiger partial charge on any atom is -0.350 e. The Morgan fingerprint density at radius 1 is 1.09 bits per heavy atom. The van der Waals surface area contributed by atoms with Gasteiger partial charge in [-0.05, 0) is 34.0 Å². The number of carbonyl (C=O) groups excluding carboxylic acids is 3. The first-order chi connectivity index (χ1) is 16.1. The smallest absolute Gasteiger partial charge is 0.343 e. The number of hydrogen-bond acceptors (Lipinski definition) is 5. The van der Waals surface area contributed by atoms with Crippen molar-refractivity contribution >= 4 is 28.6 Å². The van der Waals surface area contributed by atoms with Crippen LogP contribution in [0, 0.1) is 0 Å². The Bertz CT molecular complexity index is 1200. The first kappa shape index (κ1) is 20.9. The largest absolute Gasteiger partial charge is 0.350 e. The lowest BCUT2D eigenvalue weighted by Gasteiger charge is -2.47. The van der Waals surface area contributed by atoms with E-state index < -0.39 is 18.3 Å². The Labute approximate surface area is 190 Å². The zero-order chi connectivity index (χ0) is 22.8. The number of urea groups is 1. The summed E-state index contributed by atoms with van der Waals surface area (Å²) in [4.78, 5) is 49.7. The van der Waals surface area contributed by atoms with Gasteiger partial charge in [0.2, 0.25) is 5.91 Å². The van der Waals surface area contributed by atoms with Gasteiger partial charge in [-0.3, -0.25) is 19.4 Å². The number of benzene rings is 2. The van der Waals surface area contributed by atoms with Crippen LogP contribution in [-0.2, 0) is 27.4 Å². The quantitative estimate of drug-likeness (QED) is 0.635. The highest BCUT2D eigenvalue weighted by atomic mass is 16.7. The average molecular weight is 445 g/mol. The molecule has 2 fully saturated rings. The molecule has 2 atom stereocenters. The van der Waals surface area contributed by atoms with Gasteiger partial charge in [-0.2, -0.15) is 5.06 Å².